The van der Waals surface area contributed by atoms with Crippen molar-refractivity contribution in [2.24, 2.45) is 0 Å². The van der Waals surface area contributed by atoms with Gasteiger partial charge in [-0.3, -0.25) is 4.90 Å². The van der Waals surface area contributed by atoms with Crippen LogP contribution in [0.15, 0.2) is 0 Å². The molecule has 2 fully saturated rings. The molecule has 0 aromatic rings. The molecule has 2 rings (SSSR count). The minimum atomic E-state index is -0.900. The first-order valence-electron chi connectivity index (χ1n) is 4.28. The summed E-state index contributed by atoms with van der Waals surface area (Å²) >= 11 is 0. The fourth-order valence-corrected chi connectivity index (χ4v) is 2.39. The van der Waals surface area contributed by atoms with E-state index in [9.17, 15) is 10.2 Å². The first-order chi connectivity index (χ1) is 5.14. The van der Waals surface area contributed by atoms with Gasteiger partial charge in [-0.05, 0) is 32.7 Å². The summed E-state index contributed by atoms with van der Waals surface area (Å²) in [6.07, 6.45) is 3.01. The molecular weight excluding hydrogens is 142 g/mol. The Balaban J connectivity index is 2.26. The van der Waals surface area contributed by atoms with E-state index in [1.807, 2.05) is 11.9 Å². The smallest absolute Gasteiger partial charge is 0.144 e. The number of nitrogens with zero attached hydrogens (tertiary/aromatic N) is 1. The van der Waals surface area contributed by atoms with E-state index in [1.165, 1.54) is 0 Å². The molecular formula is C8H15NO2. The van der Waals surface area contributed by atoms with E-state index in [-0.39, 0.29) is 0 Å². The highest BCUT2D eigenvalue weighted by molar-refractivity contribution is 5.00. The van der Waals surface area contributed by atoms with Crippen LogP contribution in [0.3, 0.4) is 0 Å². The van der Waals surface area contributed by atoms with Gasteiger partial charge in [0.2, 0.25) is 0 Å². The van der Waals surface area contributed by atoms with Gasteiger partial charge in [0.15, 0.2) is 0 Å². The van der Waals surface area contributed by atoms with E-state index < -0.39 is 11.8 Å². The third kappa shape index (κ3) is 0.849. The third-order valence-corrected chi connectivity index (χ3v) is 3.31. The normalized spacial score (nSPS) is 51.5. The van der Waals surface area contributed by atoms with Crippen LogP contribution in [0.1, 0.15) is 25.7 Å². The molecule has 2 heterocycles. The van der Waals surface area contributed by atoms with E-state index in [2.05, 4.69) is 0 Å². The molecule has 0 radical (unpaired) electrons. The third-order valence-electron chi connectivity index (χ3n) is 3.31. The Hall–Kier alpha value is -0.120. The molecule has 0 spiro atoms. The Morgan fingerprint density at radius 3 is 2.73 bits per heavy atom. The van der Waals surface area contributed by atoms with Crippen molar-refractivity contribution in [3.8, 4) is 0 Å². The zero-order valence-corrected chi connectivity index (χ0v) is 6.82. The van der Waals surface area contributed by atoms with E-state index in [1.54, 1.807) is 0 Å². The molecule has 2 N–H and O–H groups in total. The monoisotopic (exact) mass is 157 g/mol. The zero-order valence-electron chi connectivity index (χ0n) is 6.82. The van der Waals surface area contributed by atoms with Gasteiger partial charge in [-0.25, -0.2) is 0 Å². The molecule has 1 unspecified atom stereocenters. The number of hydrogen-bond donors (Lipinski definition) is 2. The lowest BCUT2D eigenvalue weighted by molar-refractivity contribution is -0.178. The molecule has 0 aromatic heterocycles. The largest absolute Gasteiger partial charge is 0.389 e. The van der Waals surface area contributed by atoms with Crippen molar-refractivity contribution in [2.75, 3.05) is 7.05 Å². The minimum absolute atomic E-state index is 0.503. The van der Waals surface area contributed by atoms with Crippen molar-refractivity contribution >= 4 is 0 Å². The van der Waals surface area contributed by atoms with E-state index in [0.29, 0.717) is 6.04 Å². The maximum absolute atomic E-state index is 9.93. The summed E-state index contributed by atoms with van der Waals surface area (Å²) in [6, 6.07) is 0.503. The number of likely N-dealkylation sites (N-methyl/N-ethyl adjacent to an activating group) is 1. The summed E-state index contributed by atoms with van der Waals surface area (Å²) in [7, 11) is 1.90. The Morgan fingerprint density at radius 2 is 2.09 bits per heavy atom. The first-order valence-corrected chi connectivity index (χ1v) is 4.28. The van der Waals surface area contributed by atoms with Crippen molar-refractivity contribution in [2.45, 2.75) is 43.6 Å². The summed E-state index contributed by atoms with van der Waals surface area (Å²) in [4.78, 5) is 1.93. The van der Waals surface area contributed by atoms with Crippen LogP contribution in [0, 0.1) is 0 Å². The lowest BCUT2D eigenvalue weighted by Gasteiger charge is -2.41. The molecule has 2 aliphatic heterocycles. The van der Waals surface area contributed by atoms with Crippen molar-refractivity contribution in [1.29, 1.82) is 0 Å². The van der Waals surface area contributed by atoms with Crippen LogP contribution in [0.25, 0.3) is 0 Å². The summed E-state index contributed by atoms with van der Waals surface area (Å²) in [5, 5.41) is 19.5. The standard InChI is InChI=1S/C8H15NO2/c1-9-6-2-3-7(10)8(9,11)5-4-6/h6-7,10-11H,2-5H2,1H3/t6-,7?,8+/m1/s1. The maximum Gasteiger partial charge on any atom is 0.144 e. The molecule has 3 heteroatoms. The molecule has 0 amide bonds. The van der Waals surface area contributed by atoms with Crippen LogP contribution in [-0.2, 0) is 0 Å². The van der Waals surface area contributed by atoms with Gasteiger partial charge in [-0.15, -0.1) is 0 Å². The van der Waals surface area contributed by atoms with Gasteiger partial charge in [-0.2, -0.15) is 0 Å². The summed E-state index contributed by atoms with van der Waals surface area (Å²) in [5.74, 6) is 0. The van der Waals surface area contributed by atoms with Crippen LogP contribution in [0.2, 0.25) is 0 Å². The number of fused-ring (bicyclic) bond motifs is 2. The number of aliphatic hydroxyl groups is 2. The number of piperidine rings is 1. The Labute approximate surface area is 66.6 Å². The van der Waals surface area contributed by atoms with Crippen LogP contribution >= 0.6 is 0 Å². The van der Waals surface area contributed by atoms with E-state index >= 15 is 0 Å². The number of aliphatic hydroxyl groups excluding tert-OH is 1. The fourth-order valence-electron chi connectivity index (χ4n) is 2.39. The average molecular weight is 157 g/mol. The number of hydrogen-bond acceptors (Lipinski definition) is 3. The molecule has 11 heavy (non-hydrogen) atoms. The Morgan fingerprint density at radius 1 is 1.36 bits per heavy atom. The summed E-state index contributed by atoms with van der Waals surface area (Å²) in [5.41, 5.74) is -0.900. The quantitative estimate of drug-likeness (QED) is 0.517. The van der Waals surface area contributed by atoms with Crippen molar-refractivity contribution in [3.63, 3.8) is 0 Å². The SMILES string of the molecule is CN1[C@@H]2CCC(O)[C@@]1(O)CC2. The second-order valence-electron chi connectivity index (χ2n) is 3.78. The van der Waals surface area contributed by atoms with Crippen LogP contribution in [0.4, 0.5) is 0 Å². The van der Waals surface area contributed by atoms with Gasteiger partial charge in [0, 0.05) is 6.04 Å². The summed E-state index contributed by atoms with van der Waals surface area (Å²) in [6.45, 7) is 0. The van der Waals surface area contributed by atoms with Crippen LogP contribution in [-0.4, -0.2) is 40.0 Å². The molecule has 0 saturated carbocycles. The van der Waals surface area contributed by atoms with Crippen molar-refractivity contribution in [3.05, 3.63) is 0 Å². The predicted molar refractivity (Wildman–Crippen MR) is 41.0 cm³/mol. The molecule has 2 bridgehead atoms. The molecule has 3 atom stereocenters. The highest BCUT2D eigenvalue weighted by Gasteiger charge is 2.50. The van der Waals surface area contributed by atoms with Gasteiger partial charge in [0.25, 0.3) is 0 Å². The van der Waals surface area contributed by atoms with Gasteiger partial charge in [-0.1, -0.05) is 0 Å². The molecule has 0 aliphatic carbocycles. The molecule has 0 aromatic carbocycles. The topological polar surface area (TPSA) is 43.7 Å². The van der Waals surface area contributed by atoms with Crippen molar-refractivity contribution in [1.82, 2.24) is 4.90 Å². The van der Waals surface area contributed by atoms with Gasteiger partial charge < -0.3 is 10.2 Å². The molecule has 2 aliphatic rings. The van der Waals surface area contributed by atoms with E-state index in [4.69, 9.17) is 0 Å². The van der Waals surface area contributed by atoms with Gasteiger partial charge in [0.1, 0.15) is 5.72 Å². The lowest BCUT2D eigenvalue weighted by Crippen LogP contribution is -2.56. The Bertz CT molecular complexity index is 171. The highest BCUT2D eigenvalue weighted by Crippen LogP contribution is 2.40. The molecule has 64 valence electrons. The van der Waals surface area contributed by atoms with Crippen molar-refractivity contribution < 1.29 is 10.2 Å². The fraction of sp³-hybridized carbons (Fsp3) is 1.00. The predicted octanol–water partition coefficient (Wildman–Crippen LogP) is -0.0761. The molecule has 2 saturated heterocycles. The summed E-state index contributed by atoms with van der Waals surface area (Å²) < 4.78 is 0. The second kappa shape index (κ2) is 2.19. The first kappa shape index (κ1) is 7.53. The highest BCUT2D eigenvalue weighted by atomic mass is 16.4. The van der Waals surface area contributed by atoms with Crippen LogP contribution < -0.4 is 0 Å². The van der Waals surface area contributed by atoms with Gasteiger partial charge in [0.05, 0.1) is 6.10 Å². The Kier molecular flexibility index (Phi) is 1.50. The maximum atomic E-state index is 9.93. The van der Waals surface area contributed by atoms with E-state index in [0.717, 1.165) is 25.7 Å². The minimum Gasteiger partial charge on any atom is -0.389 e. The molecule has 3 nitrogen and oxygen atoms in total. The zero-order chi connectivity index (χ0) is 8.06. The lowest BCUT2D eigenvalue weighted by atomic mass is 9.97. The number of rotatable bonds is 0. The van der Waals surface area contributed by atoms with Gasteiger partial charge >= 0.3 is 0 Å². The second-order valence-corrected chi connectivity index (χ2v) is 3.78. The van der Waals surface area contributed by atoms with Crippen LogP contribution in [0.5, 0.6) is 0 Å². The average Bonchev–Trinajstić information content (AvgIpc) is 2.16.